The number of carbonyl (C=O) groups is 1. The molecule has 4 heteroatoms. The van der Waals surface area contributed by atoms with Crippen LogP contribution in [0.1, 0.15) is 40.0 Å². The smallest absolute Gasteiger partial charge is 0.304 e. The van der Waals surface area contributed by atoms with Crippen LogP contribution in [0.2, 0.25) is 0 Å². The minimum atomic E-state index is -0.727. The van der Waals surface area contributed by atoms with Gasteiger partial charge >= 0.3 is 5.97 Å². The fourth-order valence-corrected chi connectivity index (χ4v) is 2.12. The SMILES string of the molecule is C=C(C)CN(CCCCN(CC)CC)CCC(=O)O. The molecule has 0 bridgehead atoms. The Kier molecular flexibility index (Phi) is 10.5. The molecule has 0 heterocycles. The summed E-state index contributed by atoms with van der Waals surface area (Å²) in [7, 11) is 0. The van der Waals surface area contributed by atoms with Crippen LogP contribution in [0.25, 0.3) is 0 Å². The van der Waals surface area contributed by atoms with Gasteiger partial charge in [-0.2, -0.15) is 0 Å². The van der Waals surface area contributed by atoms with E-state index in [4.69, 9.17) is 5.11 Å². The van der Waals surface area contributed by atoms with Gasteiger partial charge in [0.1, 0.15) is 0 Å². The van der Waals surface area contributed by atoms with Crippen molar-refractivity contribution in [1.29, 1.82) is 0 Å². The lowest BCUT2D eigenvalue weighted by Crippen LogP contribution is -2.30. The molecule has 0 aliphatic carbocycles. The monoisotopic (exact) mass is 270 g/mol. The second-order valence-corrected chi connectivity index (χ2v) is 5.11. The zero-order chi connectivity index (χ0) is 14.7. The van der Waals surface area contributed by atoms with E-state index in [9.17, 15) is 4.79 Å². The van der Waals surface area contributed by atoms with E-state index in [0.29, 0.717) is 6.54 Å². The number of aliphatic carboxylic acids is 1. The number of nitrogens with zero attached hydrogens (tertiary/aromatic N) is 2. The highest BCUT2D eigenvalue weighted by Gasteiger charge is 2.08. The van der Waals surface area contributed by atoms with Gasteiger partial charge in [0.05, 0.1) is 6.42 Å². The first-order valence-corrected chi connectivity index (χ1v) is 7.30. The summed E-state index contributed by atoms with van der Waals surface area (Å²) < 4.78 is 0. The lowest BCUT2D eigenvalue weighted by atomic mass is 10.2. The summed E-state index contributed by atoms with van der Waals surface area (Å²) >= 11 is 0. The van der Waals surface area contributed by atoms with Crippen molar-refractivity contribution in [2.45, 2.75) is 40.0 Å². The Morgan fingerprint density at radius 1 is 1.05 bits per heavy atom. The summed E-state index contributed by atoms with van der Waals surface area (Å²) in [5.74, 6) is -0.727. The van der Waals surface area contributed by atoms with E-state index in [0.717, 1.165) is 44.7 Å². The van der Waals surface area contributed by atoms with Crippen molar-refractivity contribution >= 4 is 5.97 Å². The molecule has 0 atom stereocenters. The van der Waals surface area contributed by atoms with E-state index in [1.54, 1.807) is 0 Å². The number of carboxylic acids is 1. The first-order valence-electron chi connectivity index (χ1n) is 7.30. The maximum atomic E-state index is 10.6. The summed E-state index contributed by atoms with van der Waals surface area (Å²) in [6.45, 7) is 16.0. The minimum absolute atomic E-state index is 0.212. The highest BCUT2D eigenvalue weighted by atomic mass is 16.4. The highest BCUT2D eigenvalue weighted by molar-refractivity contribution is 5.66. The Morgan fingerprint density at radius 3 is 2.00 bits per heavy atom. The minimum Gasteiger partial charge on any atom is -0.481 e. The zero-order valence-electron chi connectivity index (χ0n) is 12.8. The average Bonchev–Trinajstić information content (AvgIpc) is 2.35. The molecule has 0 radical (unpaired) electrons. The number of carboxylic acid groups (broad SMARTS) is 1. The van der Waals surface area contributed by atoms with E-state index in [1.807, 2.05) is 6.92 Å². The van der Waals surface area contributed by atoms with Crippen molar-refractivity contribution in [1.82, 2.24) is 9.80 Å². The average molecular weight is 270 g/mol. The lowest BCUT2D eigenvalue weighted by molar-refractivity contribution is -0.137. The van der Waals surface area contributed by atoms with Crippen LogP contribution < -0.4 is 0 Å². The third-order valence-corrected chi connectivity index (χ3v) is 3.23. The fourth-order valence-electron chi connectivity index (χ4n) is 2.12. The third-order valence-electron chi connectivity index (χ3n) is 3.23. The summed E-state index contributed by atoms with van der Waals surface area (Å²) in [4.78, 5) is 15.2. The van der Waals surface area contributed by atoms with Gasteiger partial charge in [0.15, 0.2) is 0 Å². The van der Waals surface area contributed by atoms with E-state index in [1.165, 1.54) is 6.42 Å². The van der Waals surface area contributed by atoms with Crippen molar-refractivity contribution < 1.29 is 9.90 Å². The summed E-state index contributed by atoms with van der Waals surface area (Å²) in [6.07, 6.45) is 2.49. The molecule has 0 unspecified atom stereocenters. The quantitative estimate of drug-likeness (QED) is 0.437. The molecule has 0 fully saturated rings. The molecule has 0 aromatic carbocycles. The number of unbranched alkanes of at least 4 members (excludes halogenated alkanes) is 1. The van der Waals surface area contributed by atoms with Gasteiger partial charge in [-0.15, -0.1) is 0 Å². The van der Waals surface area contributed by atoms with E-state index < -0.39 is 5.97 Å². The predicted octanol–water partition coefficient (Wildman–Crippen LogP) is 2.46. The van der Waals surface area contributed by atoms with Gasteiger partial charge in [0, 0.05) is 13.1 Å². The molecule has 0 rings (SSSR count). The topological polar surface area (TPSA) is 43.8 Å². The Labute approximate surface area is 118 Å². The van der Waals surface area contributed by atoms with Gasteiger partial charge in [0.25, 0.3) is 0 Å². The lowest BCUT2D eigenvalue weighted by Gasteiger charge is -2.23. The molecule has 0 saturated heterocycles. The number of hydrogen-bond donors (Lipinski definition) is 1. The summed E-state index contributed by atoms with van der Waals surface area (Å²) in [5, 5.41) is 8.75. The van der Waals surface area contributed by atoms with Crippen LogP contribution in [0.4, 0.5) is 0 Å². The van der Waals surface area contributed by atoms with Crippen LogP contribution in [0.3, 0.4) is 0 Å². The van der Waals surface area contributed by atoms with Gasteiger partial charge in [-0.25, -0.2) is 0 Å². The molecule has 1 N–H and O–H groups in total. The largest absolute Gasteiger partial charge is 0.481 e. The third kappa shape index (κ3) is 10.7. The van der Waals surface area contributed by atoms with Crippen LogP contribution in [-0.2, 0) is 4.79 Å². The van der Waals surface area contributed by atoms with E-state index >= 15 is 0 Å². The van der Waals surface area contributed by atoms with E-state index in [2.05, 4.69) is 30.2 Å². The number of hydrogen-bond acceptors (Lipinski definition) is 3. The number of rotatable bonds is 12. The van der Waals surface area contributed by atoms with Gasteiger partial charge in [-0.3, -0.25) is 9.69 Å². The second-order valence-electron chi connectivity index (χ2n) is 5.11. The fraction of sp³-hybridized carbons (Fsp3) is 0.800. The Morgan fingerprint density at radius 2 is 1.58 bits per heavy atom. The Bertz CT molecular complexity index is 263. The van der Waals surface area contributed by atoms with E-state index in [-0.39, 0.29) is 6.42 Å². The highest BCUT2D eigenvalue weighted by Crippen LogP contribution is 2.02. The molecule has 0 aromatic heterocycles. The summed E-state index contributed by atoms with van der Waals surface area (Å²) in [5.41, 5.74) is 1.09. The summed E-state index contributed by atoms with van der Waals surface area (Å²) in [6, 6.07) is 0. The van der Waals surface area contributed by atoms with Crippen LogP contribution >= 0.6 is 0 Å². The van der Waals surface area contributed by atoms with Crippen LogP contribution in [0.5, 0.6) is 0 Å². The Hall–Kier alpha value is -0.870. The normalized spacial score (nSPS) is 11.2. The Balaban J connectivity index is 3.90. The van der Waals surface area contributed by atoms with Crippen LogP contribution in [0.15, 0.2) is 12.2 Å². The predicted molar refractivity (Wildman–Crippen MR) is 80.5 cm³/mol. The molecule has 4 nitrogen and oxygen atoms in total. The van der Waals surface area contributed by atoms with Gasteiger partial charge < -0.3 is 10.0 Å². The van der Waals surface area contributed by atoms with Gasteiger partial charge in [-0.05, 0) is 45.9 Å². The van der Waals surface area contributed by atoms with Crippen molar-refractivity contribution in [3.05, 3.63) is 12.2 Å². The van der Waals surface area contributed by atoms with Gasteiger partial charge in [0.2, 0.25) is 0 Å². The molecule has 0 saturated carbocycles. The van der Waals surface area contributed by atoms with Crippen molar-refractivity contribution in [3.63, 3.8) is 0 Å². The molecule has 0 aliphatic heterocycles. The molecule has 0 aromatic rings. The molecule has 0 amide bonds. The maximum Gasteiger partial charge on any atom is 0.304 e. The standard InChI is InChI=1S/C15H30N2O2/c1-5-16(6-2)10-7-8-11-17(13-14(3)4)12-9-15(18)19/h3,5-13H2,1-2,4H3,(H,18,19). The van der Waals surface area contributed by atoms with Crippen molar-refractivity contribution in [2.75, 3.05) is 39.3 Å². The van der Waals surface area contributed by atoms with Crippen LogP contribution in [0, 0.1) is 0 Å². The molecule has 112 valence electrons. The zero-order valence-corrected chi connectivity index (χ0v) is 12.8. The molecule has 0 aliphatic rings. The molecular formula is C15H30N2O2. The molecular weight excluding hydrogens is 240 g/mol. The molecule has 0 spiro atoms. The first-order chi connectivity index (χ1) is 8.99. The maximum absolute atomic E-state index is 10.6. The second kappa shape index (κ2) is 11.0. The van der Waals surface area contributed by atoms with Crippen molar-refractivity contribution in [2.24, 2.45) is 0 Å². The van der Waals surface area contributed by atoms with Gasteiger partial charge in [-0.1, -0.05) is 26.0 Å². The molecule has 19 heavy (non-hydrogen) atoms. The first kappa shape index (κ1) is 18.1. The van der Waals surface area contributed by atoms with Crippen molar-refractivity contribution in [3.8, 4) is 0 Å². The van der Waals surface area contributed by atoms with Crippen LogP contribution in [-0.4, -0.2) is 60.1 Å².